The Bertz CT molecular complexity index is 1020. The molecule has 2 amide bonds. The lowest BCUT2D eigenvalue weighted by Crippen LogP contribution is -2.57. The number of nitrogens with one attached hydrogen (secondary N) is 1. The molecule has 9 heteroatoms. The number of carbonyl (C=O) groups is 3. The number of nitrogens with zero attached hydrogens (tertiary/aromatic N) is 2. The van der Waals surface area contributed by atoms with Gasteiger partial charge in [0.2, 0.25) is 0 Å². The lowest BCUT2D eigenvalue weighted by atomic mass is 9.98. The molecule has 0 spiro atoms. The van der Waals surface area contributed by atoms with Gasteiger partial charge in [-0.25, -0.2) is 9.59 Å². The number of benzene rings is 1. The largest absolute Gasteiger partial charge is 0.464 e. The first-order valence-corrected chi connectivity index (χ1v) is 11.0. The fraction of sp³-hybridized carbons (Fsp3) is 0.478. The molecular formula is C23H28ClN3O5. The number of ether oxygens (including phenoxy) is 2. The molecule has 1 aliphatic heterocycles. The minimum atomic E-state index is -0.745. The number of carbonyl (C=O) groups excluding carboxylic acids is 3. The molecule has 0 saturated carbocycles. The number of hydrogen-bond donors (Lipinski definition) is 1. The molecule has 0 radical (unpaired) electrons. The number of fused-ring (bicyclic) bond motifs is 1. The number of likely N-dealkylation sites (tertiary alicyclic amines) is 1. The van der Waals surface area contributed by atoms with Crippen LogP contribution in [0, 0.1) is 0 Å². The van der Waals surface area contributed by atoms with E-state index in [1.165, 1.54) is 11.1 Å². The summed E-state index contributed by atoms with van der Waals surface area (Å²) < 4.78 is 10.6. The third-order valence-corrected chi connectivity index (χ3v) is 5.25. The van der Waals surface area contributed by atoms with E-state index >= 15 is 0 Å². The van der Waals surface area contributed by atoms with Gasteiger partial charge in [-0.2, -0.15) is 0 Å². The predicted molar refractivity (Wildman–Crippen MR) is 121 cm³/mol. The van der Waals surface area contributed by atoms with Crippen molar-refractivity contribution in [1.29, 1.82) is 0 Å². The first-order chi connectivity index (χ1) is 15.1. The van der Waals surface area contributed by atoms with E-state index in [9.17, 15) is 14.4 Å². The smallest absolute Gasteiger partial charge is 0.411 e. The third kappa shape index (κ3) is 5.88. The maximum Gasteiger partial charge on any atom is 0.411 e. The van der Waals surface area contributed by atoms with Gasteiger partial charge < -0.3 is 14.8 Å². The zero-order chi connectivity index (χ0) is 23.5. The Morgan fingerprint density at radius 1 is 1.22 bits per heavy atom. The highest BCUT2D eigenvalue weighted by Gasteiger charge is 2.39. The number of hydrogen-bond acceptors (Lipinski definition) is 6. The van der Waals surface area contributed by atoms with Gasteiger partial charge in [0.1, 0.15) is 11.6 Å². The maximum atomic E-state index is 12.8. The fourth-order valence-corrected chi connectivity index (χ4v) is 3.75. The Morgan fingerprint density at radius 2 is 1.97 bits per heavy atom. The van der Waals surface area contributed by atoms with Crippen LogP contribution in [0.15, 0.2) is 30.5 Å². The molecular weight excluding hydrogens is 434 g/mol. The van der Waals surface area contributed by atoms with Crippen LogP contribution in [-0.2, 0) is 14.3 Å². The molecule has 0 bridgehead atoms. The van der Waals surface area contributed by atoms with Crippen LogP contribution in [0.2, 0.25) is 5.02 Å². The van der Waals surface area contributed by atoms with Gasteiger partial charge in [0.15, 0.2) is 0 Å². The standard InChI is InChI=1S/C23H28ClN3O5/c1-5-31-21(29)19-9-8-17(13-27(19)22(30)32-23(2,3)4)26-20(28)15-10-14-6-7-16(24)11-18(14)25-12-15/h6-7,10-12,17,19H,5,8-9,13H2,1-4H3,(H,26,28)/t17-,19+/m0/s1. The van der Waals surface area contributed by atoms with E-state index in [4.69, 9.17) is 21.1 Å². The molecule has 3 rings (SSSR count). The summed E-state index contributed by atoms with van der Waals surface area (Å²) in [6.07, 6.45) is 1.76. The molecule has 2 atom stereocenters. The second kappa shape index (κ2) is 9.73. The number of piperidine rings is 1. The van der Waals surface area contributed by atoms with Gasteiger partial charge in [-0.05, 0) is 58.7 Å². The minimum Gasteiger partial charge on any atom is -0.464 e. The normalized spacial score (nSPS) is 18.8. The monoisotopic (exact) mass is 461 g/mol. The molecule has 0 unspecified atom stereocenters. The van der Waals surface area contributed by atoms with Gasteiger partial charge >= 0.3 is 12.1 Å². The summed E-state index contributed by atoms with van der Waals surface area (Å²) in [4.78, 5) is 43.7. The van der Waals surface area contributed by atoms with Crippen LogP contribution in [0.4, 0.5) is 4.79 Å². The van der Waals surface area contributed by atoms with Crippen molar-refractivity contribution >= 4 is 40.5 Å². The number of pyridine rings is 1. The van der Waals surface area contributed by atoms with E-state index in [2.05, 4.69) is 10.3 Å². The van der Waals surface area contributed by atoms with Gasteiger partial charge in [-0.3, -0.25) is 14.7 Å². The van der Waals surface area contributed by atoms with E-state index in [-0.39, 0.29) is 25.1 Å². The Hall–Kier alpha value is -2.87. The highest BCUT2D eigenvalue weighted by Crippen LogP contribution is 2.23. The average Bonchev–Trinajstić information content (AvgIpc) is 2.72. The highest BCUT2D eigenvalue weighted by atomic mass is 35.5. The Balaban J connectivity index is 1.74. The van der Waals surface area contributed by atoms with Gasteiger partial charge in [0.05, 0.1) is 17.7 Å². The first kappa shape index (κ1) is 23.8. The van der Waals surface area contributed by atoms with Crippen molar-refractivity contribution in [3.63, 3.8) is 0 Å². The first-order valence-electron chi connectivity index (χ1n) is 10.6. The van der Waals surface area contributed by atoms with Gasteiger partial charge in [0, 0.05) is 29.2 Å². The molecule has 8 nitrogen and oxygen atoms in total. The van der Waals surface area contributed by atoms with E-state index in [0.29, 0.717) is 28.9 Å². The molecule has 1 aliphatic rings. The van der Waals surface area contributed by atoms with Crippen molar-refractivity contribution in [1.82, 2.24) is 15.2 Å². The van der Waals surface area contributed by atoms with Crippen LogP contribution in [-0.4, -0.2) is 58.7 Å². The Kier molecular flexibility index (Phi) is 7.23. The van der Waals surface area contributed by atoms with E-state index in [1.54, 1.807) is 52.0 Å². The van der Waals surface area contributed by atoms with Crippen molar-refractivity contribution < 1.29 is 23.9 Å². The summed E-state index contributed by atoms with van der Waals surface area (Å²) >= 11 is 5.99. The maximum absolute atomic E-state index is 12.8. The van der Waals surface area contributed by atoms with Crippen molar-refractivity contribution in [2.75, 3.05) is 13.2 Å². The summed E-state index contributed by atoms with van der Waals surface area (Å²) in [6, 6.07) is 5.92. The summed E-state index contributed by atoms with van der Waals surface area (Å²) in [6.45, 7) is 7.35. The minimum absolute atomic E-state index is 0.140. The number of aromatic nitrogens is 1. The summed E-state index contributed by atoms with van der Waals surface area (Å²) in [5.41, 5.74) is 0.378. The number of halogens is 1. The quantitative estimate of drug-likeness (QED) is 0.692. The van der Waals surface area contributed by atoms with Crippen molar-refractivity contribution in [2.24, 2.45) is 0 Å². The number of rotatable bonds is 4. The molecule has 1 aromatic heterocycles. The van der Waals surface area contributed by atoms with Crippen LogP contribution in [0.3, 0.4) is 0 Å². The fourth-order valence-electron chi connectivity index (χ4n) is 3.58. The molecule has 1 aromatic carbocycles. The highest BCUT2D eigenvalue weighted by molar-refractivity contribution is 6.31. The second-order valence-corrected chi connectivity index (χ2v) is 9.15. The van der Waals surface area contributed by atoms with Gasteiger partial charge in [-0.15, -0.1) is 0 Å². The molecule has 0 aliphatic carbocycles. The van der Waals surface area contributed by atoms with Crippen LogP contribution in [0.1, 0.15) is 50.9 Å². The van der Waals surface area contributed by atoms with E-state index in [0.717, 1.165) is 5.39 Å². The van der Waals surface area contributed by atoms with Gasteiger partial charge in [0.25, 0.3) is 5.91 Å². The topological polar surface area (TPSA) is 97.8 Å². The average molecular weight is 462 g/mol. The van der Waals surface area contributed by atoms with E-state index in [1.807, 2.05) is 0 Å². The third-order valence-electron chi connectivity index (χ3n) is 5.01. The summed E-state index contributed by atoms with van der Waals surface area (Å²) in [5, 5.41) is 4.31. The number of amides is 2. The van der Waals surface area contributed by atoms with Crippen LogP contribution >= 0.6 is 11.6 Å². The summed E-state index contributed by atoms with van der Waals surface area (Å²) in [7, 11) is 0. The molecule has 2 heterocycles. The van der Waals surface area contributed by atoms with Crippen LogP contribution in [0.5, 0.6) is 0 Å². The predicted octanol–water partition coefficient (Wildman–Crippen LogP) is 3.95. The molecule has 32 heavy (non-hydrogen) atoms. The Morgan fingerprint density at radius 3 is 2.66 bits per heavy atom. The molecule has 172 valence electrons. The van der Waals surface area contributed by atoms with Crippen molar-refractivity contribution in [3.05, 3.63) is 41.0 Å². The molecule has 1 saturated heterocycles. The SMILES string of the molecule is CCOC(=O)[C@H]1CC[C@H](NC(=O)c2cnc3cc(Cl)ccc3c2)CN1C(=O)OC(C)(C)C. The zero-order valence-electron chi connectivity index (χ0n) is 18.7. The van der Waals surface area contributed by atoms with Crippen LogP contribution in [0.25, 0.3) is 10.9 Å². The summed E-state index contributed by atoms with van der Waals surface area (Å²) in [5.74, 6) is -0.779. The zero-order valence-corrected chi connectivity index (χ0v) is 19.4. The lowest BCUT2D eigenvalue weighted by Gasteiger charge is -2.39. The Labute approximate surface area is 192 Å². The molecule has 2 aromatic rings. The van der Waals surface area contributed by atoms with Crippen molar-refractivity contribution in [2.45, 2.75) is 58.2 Å². The van der Waals surface area contributed by atoms with Crippen molar-refractivity contribution in [3.8, 4) is 0 Å². The van der Waals surface area contributed by atoms with Crippen LogP contribution < -0.4 is 5.32 Å². The molecule has 1 fully saturated rings. The number of esters is 1. The van der Waals surface area contributed by atoms with E-state index < -0.39 is 23.7 Å². The second-order valence-electron chi connectivity index (χ2n) is 8.71. The van der Waals surface area contributed by atoms with Gasteiger partial charge in [-0.1, -0.05) is 17.7 Å². The lowest BCUT2D eigenvalue weighted by molar-refractivity contribution is -0.150. The molecule has 1 N–H and O–H groups in total.